The first kappa shape index (κ1) is 21.6. The van der Waals surface area contributed by atoms with E-state index in [1.807, 2.05) is 0 Å². The maximum Gasteiger partial charge on any atom is 0.305 e. The number of aromatic hydroxyl groups is 2. The lowest BCUT2D eigenvalue weighted by Gasteiger charge is -2.23. The van der Waals surface area contributed by atoms with Gasteiger partial charge in [0.25, 0.3) is 6.29 Å². The van der Waals surface area contributed by atoms with Gasteiger partial charge in [-0.3, -0.25) is 14.4 Å². The highest BCUT2D eigenvalue weighted by Crippen LogP contribution is 2.47. The largest absolute Gasteiger partial charge is 0.507 e. The molecule has 1 aromatic rings. The first-order valence-electron chi connectivity index (χ1n) is 9.44. The van der Waals surface area contributed by atoms with Gasteiger partial charge >= 0.3 is 11.9 Å². The number of fused-ring (bicyclic) bond motifs is 2. The molecule has 0 aromatic heterocycles. The van der Waals surface area contributed by atoms with Crippen LogP contribution >= 0.6 is 0 Å². The molecule has 0 bridgehead atoms. The molecule has 2 aliphatic rings. The van der Waals surface area contributed by atoms with Crippen LogP contribution in [0.15, 0.2) is 17.7 Å². The van der Waals surface area contributed by atoms with Crippen molar-refractivity contribution in [2.24, 2.45) is 0 Å². The molecule has 0 saturated carbocycles. The molecular formula is C21H24O9. The normalized spacial score (nSPS) is 24.8. The van der Waals surface area contributed by atoms with Crippen molar-refractivity contribution in [2.75, 3.05) is 7.11 Å². The maximum absolute atomic E-state index is 13.1. The molecule has 2 N–H and O–H groups in total. The fraction of sp³-hybridized carbons (Fsp3) is 0.476. The molecule has 1 fully saturated rings. The molecule has 1 aliphatic heterocycles. The summed E-state index contributed by atoms with van der Waals surface area (Å²) in [6.45, 7) is 4.12. The molecule has 9 heteroatoms. The van der Waals surface area contributed by atoms with Crippen molar-refractivity contribution in [3.63, 3.8) is 0 Å². The van der Waals surface area contributed by atoms with Crippen LogP contribution in [0.4, 0.5) is 0 Å². The second-order valence-corrected chi connectivity index (χ2v) is 7.52. The smallest absolute Gasteiger partial charge is 0.305 e. The quantitative estimate of drug-likeness (QED) is 0.247. The Morgan fingerprint density at radius 3 is 2.43 bits per heavy atom. The molecule has 0 unspecified atom stereocenters. The molecule has 1 aromatic carbocycles. The lowest BCUT2D eigenvalue weighted by molar-refractivity contribution is -0.178. The summed E-state index contributed by atoms with van der Waals surface area (Å²) in [6, 6.07) is 1.15. The Labute approximate surface area is 173 Å². The summed E-state index contributed by atoms with van der Waals surface area (Å²) < 4.78 is 21.0. The summed E-state index contributed by atoms with van der Waals surface area (Å²) in [7, 11) is 1.31. The standard InChI is InChI=1S/C21H24O9/c1-10(22)28-20(29-11(2)23)12-6-5-7-21(3)19(30-21)18(26)16-13(8-12)17(25)15(27-4)9-14(16)24/h6,9,19-20,24-25H,5,7-8H2,1-4H3/b12-6+/t19-,21-/m1/s1. The first-order valence-corrected chi connectivity index (χ1v) is 9.44. The molecule has 2 atom stereocenters. The highest BCUT2D eigenvalue weighted by molar-refractivity contribution is 6.06. The number of carbonyl (C=O) groups excluding carboxylic acids is 3. The van der Waals surface area contributed by atoms with E-state index < -0.39 is 35.7 Å². The van der Waals surface area contributed by atoms with Crippen LogP contribution < -0.4 is 4.74 Å². The predicted octanol–water partition coefficient (Wildman–Crippen LogP) is 2.16. The van der Waals surface area contributed by atoms with Gasteiger partial charge in [0.2, 0.25) is 0 Å². The molecule has 3 rings (SSSR count). The molecule has 0 amide bonds. The number of allylic oxidation sites excluding steroid dienone is 1. The molecule has 162 valence electrons. The zero-order chi connectivity index (χ0) is 22.2. The number of epoxide rings is 1. The van der Waals surface area contributed by atoms with Gasteiger partial charge in [-0.2, -0.15) is 0 Å². The summed E-state index contributed by atoms with van der Waals surface area (Å²) >= 11 is 0. The Hall–Kier alpha value is -3.07. The van der Waals surface area contributed by atoms with E-state index in [9.17, 15) is 24.6 Å². The third kappa shape index (κ3) is 4.11. The lowest BCUT2D eigenvalue weighted by atomic mass is 9.87. The van der Waals surface area contributed by atoms with Crippen LogP contribution in [0.1, 0.15) is 49.5 Å². The SMILES string of the molecule is COc1cc(O)c2c(c1O)C/C(C(OC(C)=O)OC(C)=O)=C\CC[C@@]1(C)O[C@@H]1C2=O. The topological polar surface area (TPSA) is 132 Å². The number of rotatable bonds is 4. The van der Waals surface area contributed by atoms with E-state index in [0.29, 0.717) is 18.4 Å². The third-order valence-corrected chi connectivity index (χ3v) is 5.21. The van der Waals surface area contributed by atoms with Crippen molar-refractivity contribution in [1.82, 2.24) is 0 Å². The number of phenols is 2. The summed E-state index contributed by atoms with van der Waals surface area (Å²) in [5, 5.41) is 21.2. The van der Waals surface area contributed by atoms with Crippen molar-refractivity contribution in [1.29, 1.82) is 0 Å². The second-order valence-electron chi connectivity index (χ2n) is 7.52. The van der Waals surface area contributed by atoms with Crippen LogP contribution in [-0.2, 0) is 30.2 Å². The fourth-order valence-corrected chi connectivity index (χ4v) is 3.65. The zero-order valence-electron chi connectivity index (χ0n) is 17.2. The van der Waals surface area contributed by atoms with Crippen molar-refractivity contribution in [2.45, 2.75) is 58.0 Å². The summed E-state index contributed by atoms with van der Waals surface area (Å²) in [6.07, 6.45) is 0.419. The van der Waals surface area contributed by atoms with Crippen molar-refractivity contribution < 1.29 is 43.5 Å². The number of hydrogen-bond donors (Lipinski definition) is 2. The van der Waals surface area contributed by atoms with Crippen LogP contribution in [0.25, 0.3) is 0 Å². The summed E-state index contributed by atoms with van der Waals surface area (Å²) in [4.78, 5) is 36.2. The Bertz CT molecular complexity index is 917. The van der Waals surface area contributed by atoms with E-state index in [1.54, 1.807) is 13.0 Å². The van der Waals surface area contributed by atoms with Gasteiger partial charge in [0, 0.05) is 37.5 Å². The maximum atomic E-state index is 13.1. The monoisotopic (exact) mass is 420 g/mol. The zero-order valence-corrected chi connectivity index (χ0v) is 17.2. The van der Waals surface area contributed by atoms with Gasteiger partial charge in [0.15, 0.2) is 17.3 Å². The minimum absolute atomic E-state index is 0.0357. The fourth-order valence-electron chi connectivity index (χ4n) is 3.65. The predicted molar refractivity (Wildman–Crippen MR) is 102 cm³/mol. The van der Waals surface area contributed by atoms with Crippen molar-refractivity contribution in [3.8, 4) is 17.2 Å². The second kappa shape index (κ2) is 7.98. The van der Waals surface area contributed by atoms with Crippen LogP contribution in [-0.4, -0.2) is 53.0 Å². The Kier molecular flexibility index (Phi) is 5.76. The van der Waals surface area contributed by atoms with Gasteiger partial charge in [-0.15, -0.1) is 0 Å². The van der Waals surface area contributed by atoms with E-state index in [2.05, 4.69) is 0 Å². The molecule has 1 aliphatic carbocycles. The average molecular weight is 420 g/mol. The van der Waals surface area contributed by atoms with E-state index in [0.717, 1.165) is 6.07 Å². The minimum Gasteiger partial charge on any atom is -0.507 e. The van der Waals surface area contributed by atoms with Crippen molar-refractivity contribution >= 4 is 17.7 Å². The number of benzene rings is 1. The molecule has 30 heavy (non-hydrogen) atoms. The van der Waals surface area contributed by atoms with Crippen LogP contribution in [0.3, 0.4) is 0 Å². The highest BCUT2D eigenvalue weighted by Gasteiger charge is 2.57. The van der Waals surface area contributed by atoms with Gasteiger partial charge in [-0.25, -0.2) is 0 Å². The van der Waals surface area contributed by atoms with Gasteiger partial charge in [-0.05, 0) is 19.8 Å². The molecule has 1 heterocycles. The molecule has 9 nitrogen and oxygen atoms in total. The Balaban J connectivity index is 2.15. The van der Waals surface area contributed by atoms with Gasteiger partial charge in [0.1, 0.15) is 17.5 Å². The van der Waals surface area contributed by atoms with E-state index in [1.165, 1.54) is 21.0 Å². The first-order chi connectivity index (χ1) is 14.1. The van der Waals surface area contributed by atoms with E-state index in [-0.39, 0.29) is 34.8 Å². The van der Waals surface area contributed by atoms with Gasteiger partial charge in [0.05, 0.1) is 12.7 Å². The Morgan fingerprint density at radius 1 is 1.23 bits per heavy atom. The molecule has 0 spiro atoms. The Morgan fingerprint density at radius 2 is 1.87 bits per heavy atom. The van der Waals surface area contributed by atoms with Gasteiger partial charge < -0.3 is 29.2 Å². The van der Waals surface area contributed by atoms with Crippen LogP contribution in [0.2, 0.25) is 0 Å². The lowest BCUT2D eigenvalue weighted by Crippen LogP contribution is -2.27. The van der Waals surface area contributed by atoms with Crippen LogP contribution in [0.5, 0.6) is 17.2 Å². The van der Waals surface area contributed by atoms with E-state index >= 15 is 0 Å². The van der Waals surface area contributed by atoms with Crippen LogP contribution in [0, 0.1) is 0 Å². The molecule has 0 radical (unpaired) electrons. The third-order valence-electron chi connectivity index (χ3n) is 5.21. The summed E-state index contributed by atoms with van der Waals surface area (Å²) in [5.74, 6) is -2.58. The average Bonchev–Trinajstić information content (AvgIpc) is 3.33. The number of Topliss-reactive ketones (excluding diaryl/α,β-unsaturated/α-hetero) is 1. The number of ketones is 1. The van der Waals surface area contributed by atoms with E-state index in [4.69, 9.17) is 18.9 Å². The highest BCUT2D eigenvalue weighted by atomic mass is 16.7. The summed E-state index contributed by atoms with van der Waals surface area (Å²) in [5.41, 5.74) is -0.445. The number of hydrogen-bond acceptors (Lipinski definition) is 9. The molecule has 1 saturated heterocycles. The number of carbonyl (C=O) groups is 3. The number of methoxy groups -OCH3 is 1. The number of esters is 2. The minimum atomic E-state index is -1.35. The van der Waals surface area contributed by atoms with Crippen molar-refractivity contribution in [3.05, 3.63) is 28.8 Å². The number of ether oxygens (including phenoxy) is 4. The van der Waals surface area contributed by atoms with Gasteiger partial charge in [-0.1, -0.05) is 6.08 Å². The molecular weight excluding hydrogens is 396 g/mol. The number of phenolic OH excluding ortho intramolecular Hbond substituents is 2.